The molecule has 1 aromatic carbocycles. The standard InChI is InChI=1S/C28H36N6O4S/c1-21-7-6-8-25(29-21)28-31-27(38-32-28)19-22-13-17-33(18-14-22)20-26(35)30-23-9-11-24(12-10-23)39(36,37)34-15-4-2-3-5-16-34/h6-12,22H,2-5,13-20H2,1H3,(H,30,35). The van der Waals surface area contributed by atoms with Crippen LogP contribution in [0.25, 0.3) is 11.5 Å². The summed E-state index contributed by atoms with van der Waals surface area (Å²) in [5.41, 5.74) is 2.21. The first-order valence-corrected chi connectivity index (χ1v) is 15.2. The Labute approximate surface area is 229 Å². The van der Waals surface area contributed by atoms with Crippen LogP contribution in [0.3, 0.4) is 0 Å². The quantitative estimate of drug-likeness (QED) is 0.447. The molecule has 2 aliphatic rings. The van der Waals surface area contributed by atoms with Gasteiger partial charge < -0.3 is 9.84 Å². The van der Waals surface area contributed by atoms with Gasteiger partial charge in [0.05, 0.1) is 11.4 Å². The smallest absolute Gasteiger partial charge is 0.243 e. The van der Waals surface area contributed by atoms with E-state index in [0.29, 0.717) is 55.1 Å². The largest absolute Gasteiger partial charge is 0.339 e. The number of carbonyl (C=O) groups is 1. The molecule has 4 heterocycles. The third-order valence-corrected chi connectivity index (χ3v) is 9.38. The first-order chi connectivity index (χ1) is 18.9. The maximum absolute atomic E-state index is 13.0. The number of benzene rings is 1. The highest BCUT2D eigenvalue weighted by atomic mass is 32.2. The van der Waals surface area contributed by atoms with Crippen molar-refractivity contribution in [3.8, 4) is 11.5 Å². The maximum atomic E-state index is 13.0. The molecule has 3 aromatic rings. The van der Waals surface area contributed by atoms with Gasteiger partial charge in [-0.2, -0.15) is 9.29 Å². The summed E-state index contributed by atoms with van der Waals surface area (Å²) in [5.74, 6) is 1.44. The van der Waals surface area contributed by atoms with Crippen molar-refractivity contribution >= 4 is 21.6 Å². The summed E-state index contributed by atoms with van der Waals surface area (Å²) in [5, 5.41) is 6.99. The van der Waals surface area contributed by atoms with Gasteiger partial charge in [-0.05, 0) is 88.0 Å². The third-order valence-electron chi connectivity index (χ3n) is 7.46. The highest BCUT2D eigenvalue weighted by Gasteiger charge is 2.26. The molecule has 2 fully saturated rings. The van der Waals surface area contributed by atoms with E-state index in [0.717, 1.165) is 57.3 Å². The molecule has 2 aliphatic heterocycles. The molecule has 0 unspecified atom stereocenters. The van der Waals surface area contributed by atoms with Crippen LogP contribution in [0, 0.1) is 12.8 Å². The number of hydrogen-bond donors (Lipinski definition) is 1. The van der Waals surface area contributed by atoms with Crippen LogP contribution in [0.1, 0.15) is 50.1 Å². The van der Waals surface area contributed by atoms with Gasteiger partial charge in [-0.3, -0.25) is 9.69 Å². The number of piperidine rings is 1. The topological polar surface area (TPSA) is 122 Å². The fourth-order valence-corrected chi connectivity index (χ4v) is 6.77. The average Bonchev–Trinajstić information content (AvgIpc) is 3.21. The van der Waals surface area contributed by atoms with Gasteiger partial charge in [0.2, 0.25) is 27.6 Å². The molecule has 1 amide bonds. The zero-order valence-corrected chi connectivity index (χ0v) is 23.2. The van der Waals surface area contributed by atoms with Gasteiger partial charge in [-0.15, -0.1) is 0 Å². The summed E-state index contributed by atoms with van der Waals surface area (Å²) in [7, 11) is -3.50. The number of rotatable bonds is 8. The second-order valence-electron chi connectivity index (χ2n) is 10.5. The van der Waals surface area contributed by atoms with Gasteiger partial charge in [0.1, 0.15) is 5.69 Å². The van der Waals surface area contributed by atoms with E-state index < -0.39 is 10.0 Å². The number of sulfonamides is 1. The lowest BCUT2D eigenvalue weighted by Gasteiger charge is -2.30. The van der Waals surface area contributed by atoms with Crippen molar-refractivity contribution in [3.63, 3.8) is 0 Å². The lowest BCUT2D eigenvalue weighted by Crippen LogP contribution is -2.39. The van der Waals surface area contributed by atoms with Crippen molar-refractivity contribution in [3.05, 3.63) is 54.0 Å². The Hall–Kier alpha value is -3.15. The second kappa shape index (κ2) is 12.4. The van der Waals surface area contributed by atoms with E-state index in [-0.39, 0.29) is 10.8 Å². The van der Waals surface area contributed by atoms with Crippen LogP contribution >= 0.6 is 0 Å². The van der Waals surface area contributed by atoms with Crippen LogP contribution < -0.4 is 5.32 Å². The number of aryl methyl sites for hydroxylation is 1. The number of nitrogens with one attached hydrogen (secondary N) is 1. The Morgan fingerprint density at radius 1 is 0.974 bits per heavy atom. The Bertz CT molecular complexity index is 1360. The lowest BCUT2D eigenvalue weighted by molar-refractivity contribution is -0.117. The van der Waals surface area contributed by atoms with Gasteiger partial charge in [0, 0.05) is 30.9 Å². The molecule has 0 spiro atoms. The van der Waals surface area contributed by atoms with E-state index in [4.69, 9.17) is 4.52 Å². The molecule has 1 N–H and O–H groups in total. The number of carbonyl (C=O) groups excluding carboxylic acids is 1. The summed E-state index contributed by atoms with van der Waals surface area (Å²) in [6, 6.07) is 12.2. The van der Waals surface area contributed by atoms with Crippen molar-refractivity contribution in [2.45, 2.75) is 56.8 Å². The lowest BCUT2D eigenvalue weighted by atomic mass is 9.93. The zero-order valence-electron chi connectivity index (χ0n) is 22.4. The fraction of sp³-hybridized carbons (Fsp3) is 0.500. The van der Waals surface area contributed by atoms with Gasteiger partial charge >= 0.3 is 0 Å². The van der Waals surface area contributed by atoms with Crippen molar-refractivity contribution in [2.75, 3.05) is 38.0 Å². The second-order valence-corrected chi connectivity index (χ2v) is 12.4. The summed E-state index contributed by atoms with van der Waals surface area (Å²) >= 11 is 0. The summed E-state index contributed by atoms with van der Waals surface area (Å²) in [6.07, 6.45) is 6.53. The normalized spacial score (nSPS) is 18.1. The molecule has 10 nitrogen and oxygen atoms in total. The molecule has 0 atom stereocenters. The van der Waals surface area contributed by atoms with E-state index in [2.05, 4.69) is 25.3 Å². The minimum absolute atomic E-state index is 0.108. The predicted molar refractivity (Wildman–Crippen MR) is 147 cm³/mol. The average molecular weight is 553 g/mol. The van der Waals surface area contributed by atoms with Gasteiger partial charge in [-0.25, -0.2) is 13.4 Å². The number of amides is 1. The van der Waals surface area contributed by atoms with E-state index in [1.165, 1.54) is 0 Å². The molecular formula is C28H36N6O4S. The maximum Gasteiger partial charge on any atom is 0.243 e. The zero-order chi connectivity index (χ0) is 27.2. The Morgan fingerprint density at radius 2 is 1.69 bits per heavy atom. The van der Waals surface area contributed by atoms with Crippen LogP contribution in [-0.4, -0.2) is 71.4 Å². The van der Waals surface area contributed by atoms with Crippen molar-refractivity contribution in [2.24, 2.45) is 5.92 Å². The van der Waals surface area contributed by atoms with Crippen molar-refractivity contribution in [1.29, 1.82) is 0 Å². The molecule has 5 rings (SSSR count). The molecule has 0 radical (unpaired) electrons. The molecule has 11 heteroatoms. The van der Waals surface area contributed by atoms with Crippen LogP contribution in [0.15, 0.2) is 51.9 Å². The van der Waals surface area contributed by atoms with Crippen molar-refractivity contribution in [1.82, 2.24) is 24.3 Å². The van der Waals surface area contributed by atoms with E-state index >= 15 is 0 Å². The third kappa shape index (κ3) is 7.09. The Morgan fingerprint density at radius 3 is 2.38 bits per heavy atom. The number of anilines is 1. The van der Waals surface area contributed by atoms with Gasteiger partial charge in [0.25, 0.3) is 0 Å². The number of hydrogen-bond acceptors (Lipinski definition) is 8. The molecule has 0 saturated carbocycles. The SMILES string of the molecule is Cc1cccc(-c2noc(CC3CCN(CC(=O)Nc4ccc(S(=O)(=O)N5CCCCCC5)cc4)CC3)n2)n1. The number of aromatic nitrogens is 3. The molecule has 0 bridgehead atoms. The van der Waals surface area contributed by atoms with Crippen LogP contribution in [0.2, 0.25) is 0 Å². The molecule has 2 aromatic heterocycles. The monoisotopic (exact) mass is 552 g/mol. The highest BCUT2D eigenvalue weighted by Crippen LogP contribution is 2.24. The molecule has 208 valence electrons. The minimum Gasteiger partial charge on any atom is -0.339 e. The molecule has 0 aliphatic carbocycles. The number of pyridine rings is 1. The minimum atomic E-state index is -3.50. The first kappa shape index (κ1) is 27.4. The van der Waals surface area contributed by atoms with Gasteiger partial charge in [-0.1, -0.05) is 24.1 Å². The van der Waals surface area contributed by atoms with Crippen molar-refractivity contribution < 1.29 is 17.7 Å². The van der Waals surface area contributed by atoms with Crippen LogP contribution in [0.5, 0.6) is 0 Å². The Kier molecular flexibility index (Phi) is 8.69. The van der Waals surface area contributed by atoms with E-state index in [1.54, 1.807) is 28.6 Å². The molecular weight excluding hydrogens is 516 g/mol. The first-order valence-electron chi connectivity index (χ1n) is 13.8. The summed E-state index contributed by atoms with van der Waals surface area (Å²) in [6.45, 7) is 4.98. The molecule has 39 heavy (non-hydrogen) atoms. The predicted octanol–water partition coefficient (Wildman–Crippen LogP) is 3.90. The van der Waals surface area contributed by atoms with Crippen LogP contribution in [-0.2, 0) is 21.2 Å². The van der Waals surface area contributed by atoms with Crippen LogP contribution in [0.4, 0.5) is 5.69 Å². The van der Waals surface area contributed by atoms with Gasteiger partial charge in [0.15, 0.2) is 0 Å². The van der Waals surface area contributed by atoms with E-state index in [1.807, 2.05) is 25.1 Å². The number of nitrogens with zero attached hydrogens (tertiary/aromatic N) is 5. The Balaban J connectivity index is 1.07. The molecule has 2 saturated heterocycles. The van der Waals surface area contributed by atoms with E-state index in [9.17, 15) is 13.2 Å². The number of likely N-dealkylation sites (tertiary alicyclic amines) is 1. The summed E-state index contributed by atoms with van der Waals surface area (Å²) in [4.78, 5) is 24.0. The fourth-order valence-electron chi connectivity index (χ4n) is 5.25. The summed E-state index contributed by atoms with van der Waals surface area (Å²) < 4.78 is 33.0. The highest BCUT2D eigenvalue weighted by molar-refractivity contribution is 7.89.